The van der Waals surface area contributed by atoms with Crippen LogP contribution in [0.1, 0.15) is 31.4 Å². The highest BCUT2D eigenvalue weighted by atomic mass is 16.2. The van der Waals surface area contributed by atoms with Crippen LogP contribution in [0.5, 0.6) is 0 Å². The molecule has 1 atom stereocenters. The summed E-state index contributed by atoms with van der Waals surface area (Å²) in [5.41, 5.74) is 2.75. The molecule has 0 bridgehead atoms. The fourth-order valence-corrected chi connectivity index (χ4v) is 1.63. The third kappa shape index (κ3) is 4.20. The van der Waals surface area contributed by atoms with Crippen LogP contribution < -0.4 is 10.6 Å². The van der Waals surface area contributed by atoms with Crippen molar-refractivity contribution in [2.75, 3.05) is 5.32 Å². The Morgan fingerprint density at radius 3 is 2.17 bits per heavy atom. The van der Waals surface area contributed by atoms with Crippen molar-refractivity contribution in [2.24, 2.45) is 0 Å². The predicted octanol–water partition coefficient (Wildman–Crippen LogP) is 2.16. The van der Waals surface area contributed by atoms with Crippen molar-refractivity contribution in [2.45, 2.75) is 40.2 Å². The number of nitrogens with one attached hydrogen (secondary N) is 2. The van der Waals surface area contributed by atoms with Crippen molar-refractivity contribution < 1.29 is 9.59 Å². The Morgan fingerprint density at radius 2 is 1.67 bits per heavy atom. The molecule has 0 spiro atoms. The minimum atomic E-state index is -0.625. The van der Waals surface area contributed by atoms with Crippen molar-refractivity contribution in [3.05, 3.63) is 29.3 Å². The van der Waals surface area contributed by atoms with E-state index in [9.17, 15) is 9.59 Å². The smallest absolute Gasteiger partial charge is 0.313 e. The molecule has 0 aliphatic heterocycles. The molecule has 1 aromatic carbocycles. The number of aryl methyl sites for hydroxylation is 2. The van der Waals surface area contributed by atoms with Gasteiger partial charge >= 0.3 is 11.8 Å². The van der Waals surface area contributed by atoms with Crippen molar-refractivity contribution in [3.63, 3.8) is 0 Å². The minimum Gasteiger partial charge on any atom is -0.345 e. The number of carbonyl (C=O) groups is 2. The zero-order valence-corrected chi connectivity index (χ0v) is 11.3. The SMILES string of the molecule is CC[C@H](C)NC(=O)C(=O)Nc1cc(C)cc(C)c1. The van der Waals surface area contributed by atoms with Gasteiger partial charge in [-0.25, -0.2) is 0 Å². The molecule has 98 valence electrons. The van der Waals surface area contributed by atoms with Crippen LogP contribution in [-0.2, 0) is 9.59 Å². The lowest BCUT2D eigenvalue weighted by Crippen LogP contribution is -2.40. The van der Waals surface area contributed by atoms with E-state index in [0.717, 1.165) is 17.5 Å². The van der Waals surface area contributed by atoms with Gasteiger partial charge in [-0.3, -0.25) is 9.59 Å². The number of hydrogen-bond acceptors (Lipinski definition) is 2. The lowest BCUT2D eigenvalue weighted by molar-refractivity contribution is -0.136. The summed E-state index contributed by atoms with van der Waals surface area (Å²) < 4.78 is 0. The normalized spacial score (nSPS) is 11.8. The van der Waals surface area contributed by atoms with Crippen LogP contribution >= 0.6 is 0 Å². The fraction of sp³-hybridized carbons (Fsp3) is 0.429. The molecule has 0 unspecified atom stereocenters. The average Bonchev–Trinajstić information content (AvgIpc) is 2.27. The zero-order valence-electron chi connectivity index (χ0n) is 11.3. The molecule has 0 saturated carbocycles. The molecule has 18 heavy (non-hydrogen) atoms. The molecule has 1 rings (SSSR count). The second-order valence-corrected chi connectivity index (χ2v) is 4.61. The lowest BCUT2D eigenvalue weighted by atomic mass is 10.1. The summed E-state index contributed by atoms with van der Waals surface area (Å²) in [6.07, 6.45) is 0.794. The molecule has 0 radical (unpaired) electrons. The number of carbonyl (C=O) groups excluding carboxylic acids is 2. The average molecular weight is 248 g/mol. The van der Waals surface area contributed by atoms with Gasteiger partial charge in [0, 0.05) is 11.7 Å². The maximum Gasteiger partial charge on any atom is 0.313 e. The first-order chi connectivity index (χ1) is 8.42. The van der Waals surface area contributed by atoms with Gasteiger partial charge in [0.15, 0.2) is 0 Å². The first kappa shape index (κ1) is 14.2. The van der Waals surface area contributed by atoms with Crippen molar-refractivity contribution in [3.8, 4) is 0 Å². The zero-order chi connectivity index (χ0) is 13.7. The van der Waals surface area contributed by atoms with E-state index < -0.39 is 11.8 Å². The van der Waals surface area contributed by atoms with Gasteiger partial charge in [-0.15, -0.1) is 0 Å². The third-order valence-corrected chi connectivity index (χ3v) is 2.68. The Labute approximate surface area is 108 Å². The Morgan fingerprint density at radius 1 is 1.11 bits per heavy atom. The molecule has 0 saturated heterocycles. The molecular weight excluding hydrogens is 228 g/mol. The van der Waals surface area contributed by atoms with Gasteiger partial charge in [-0.05, 0) is 50.5 Å². The van der Waals surface area contributed by atoms with Gasteiger partial charge in [0.2, 0.25) is 0 Å². The topological polar surface area (TPSA) is 58.2 Å². The Hall–Kier alpha value is -1.84. The third-order valence-electron chi connectivity index (χ3n) is 2.68. The van der Waals surface area contributed by atoms with E-state index >= 15 is 0 Å². The van der Waals surface area contributed by atoms with E-state index in [1.807, 2.05) is 45.9 Å². The summed E-state index contributed by atoms with van der Waals surface area (Å²) in [5, 5.41) is 5.23. The Bertz CT molecular complexity index is 435. The Balaban J connectivity index is 2.66. The summed E-state index contributed by atoms with van der Waals surface area (Å²) in [5.74, 6) is -1.22. The van der Waals surface area contributed by atoms with Crippen LogP contribution in [0.4, 0.5) is 5.69 Å². The molecule has 4 heteroatoms. The molecule has 2 amide bonds. The second kappa shape index (κ2) is 6.19. The highest BCUT2D eigenvalue weighted by Gasteiger charge is 2.15. The molecule has 0 fully saturated rings. The maximum absolute atomic E-state index is 11.7. The minimum absolute atomic E-state index is 0.00231. The summed E-state index contributed by atoms with van der Waals surface area (Å²) in [6.45, 7) is 7.71. The maximum atomic E-state index is 11.7. The van der Waals surface area contributed by atoms with Crippen LogP contribution in [0.2, 0.25) is 0 Å². The van der Waals surface area contributed by atoms with Crippen molar-refractivity contribution >= 4 is 17.5 Å². The highest BCUT2D eigenvalue weighted by molar-refractivity contribution is 6.39. The quantitative estimate of drug-likeness (QED) is 0.805. The molecule has 4 nitrogen and oxygen atoms in total. The molecule has 0 aliphatic rings. The number of hydrogen-bond donors (Lipinski definition) is 2. The molecule has 0 aliphatic carbocycles. The molecular formula is C14H20N2O2. The highest BCUT2D eigenvalue weighted by Crippen LogP contribution is 2.13. The molecule has 2 N–H and O–H groups in total. The van der Waals surface area contributed by atoms with Crippen molar-refractivity contribution in [1.82, 2.24) is 5.32 Å². The second-order valence-electron chi connectivity index (χ2n) is 4.61. The lowest BCUT2D eigenvalue weighted by Gasteiger charge is -2.11. The summed E-state index contributed by atoms with van der Waals surface area (Å²) in [7, 11) is 0. The van der Waals surface area contributed by atoms with Crippen LogP contribution in [0, 0.1) is 13.8 Å². The number of rotatable bonds is 3. The van der Waals surface area contributed by atoms with Crippen LogP contribution in [0.25, 0.3) is 0 Å². The number of amides is 2. The molecule has 1 aromatic rings. The summed E-state index contributed by atoms with van der Waals surface area (Å²) in [6, 6.07) is 5.68. The van der Waals surface area contributed by atoms with Crippen LogP contribution in [0.3, 0.4) is 0 Å². The fourth-order valence-electron chi connectivity index (χ4n) is 1.63. The van der Waals surface area contributed by atoms with Gasteiger partial charge in [-0.2, -0.15) is 0 Å². The number of anilines is 1. The molecule has 0 aromatic heterocycles. The summed E-state index contributed by atoms with van der Waals surface area (Å²) in [4.78, 5) is 23.2. The van der Waals surface area contributed by atoms with E-state index in [1.165, 1.54) is 0 Å². The summed E-state index contributed by atoms with van der Waals surface area (Å²) >= 11 is 0. The van der Waals surface area contributed by atoms with E-state index in [1.54, 1.807) is 0 Å². The largest absolute Gasteiger partial charge is 0.345 e. The van der Waals surface area contributed by atoms with Gasteiger partial charge in [-0.1, -0.05) is 13.0 Å². The monoisotopic (exact) mass is 248 g/mol. The number of benzene rings is 1. The molecule has 0 heterocycles. The van der Waals surface area contributed by atoms with E-state index in [0.29, 0.717) is 5.69 Å². The van der Waals surface area contributed by atoms with Crippen molar-refractivity contribution in [1.29, 1.82) is 0 Å². The van der Waals surface area contributed by atoms with E-state index in [2.05, 4.69) is 10.6 Å². The Kier molecular flexibility index (Phi) is 4.89. The van der Waals surface area contributed by atoms with Gasteiger partial charge < -0.3 is 10.6 Å². The first-order valence-corrected chi connectivity index (χ1v) is 6.12. The standard InChI is InChI=1S/C14H20N2O2/c1-5-11(4)15-13(17)14(18)16-12-7-9(2)6-10(3)8-12/h6-8,11H,5H2,1-4H3,(H,15,17)(H,16,18)/t11-/m0/s1. The first-order valence-electron chi connectivity index (χ1n) is 6.12. The van der Waals surface area contributed by atoms with Gasteiger partial charge in [0.1, 0.15) is 0 Å². The van der Waals surface area contributed by atoms with Gasteiger partial charge in [0.05, 0.1) is 0 Å². The predicted molar refractivity (Wildman–Crippen MR) is 72.4 cm³/mol. The van der Waals surface area contributed by atoms with E-state index in [4.69, 9.17) is 0 Å². The van der Waals surface area contributed by atoms with Crippen LogP contribution in [0.15, 0.2) is 18.2 Å². The van der Waals surface area contributed by atoms with Crippen LogP contribution in [-0.4, -0.2) is 17.9 Å². The van der Waals surface area contributed by atoms with Gasteiger partial charge in [0.25, 0.3) is 0 Å². The van der Waals surface area contributed by atoms with E-state index in [-0.39, 0.29) is 6.04 Å².